The number of rotatable bonds is 27. The molecule has 0 spiro atoms. The van der Waals surface area contributed by atoms with E-state index in [0.717, 1.165) is 13.0 Å². The number of hydrogen-bond acceptors (Lipinski definition) is 5. The fourth-order valence-corrected chi connectivity index (χ4v) is 3.65. The van der Waals surface area contributed by atoms with Crippen molar-refractivity contribution in [2.45, 2.75) is 116 Å². The van der Waals surface area contributed by atoms with Gasteiger partial charge in [0.25, 0.3) is 0 Å². The van der Waals surface area contributed by atoms with Crippen molar-refractivity contribution in [1.29, 1.82) is 0 Å². The van der Waals surface area contributed by atoms with Gasteiger partial charge in [0.15, 0.2) is 0 Å². The zero-order valence-corrected chi connectivity index (χ0v) is 20.9. The summed E-state index contributed by atoms with van der Waals surface area (Å²) >= 11 is 0. The fraction of sp³-hybridized carbons (Fsp3) is 1.00. The van der Waals surface area contributed by atoms with Crippen molar-refractivity contribution in [3.8, 4) is 0 Å². The zero-order valence-electron chi connectivity index (χ0n) is 20.9. The summed E-state index contributed by atoms with van der Waals surface area (Å²) in [5.74, 6) is 0. The van der Waals surface area contributed by atoms with Crippen molar-refractivity contribution in [2.75, 3.05) is 53.4 Å². The predicted octanol–water partition coefficient (Wildman–Crippen LogP) is 6.31. The molecule has 0 aliphatic rings. The Morgan fingerprint density at radius 1 is 0.516 bits per heavy atom. The van der Waals surface area contributed by atoms with Crippen molar-refractivity contribution >= 4 is 0 Å². The summed E-state index contributed by atoms with van der Waals surface area (Å²) in [4.78, 5) is 0. The average Bonchev–Trinajstić information content (AvgIpc) is 2.79. The molecule has 188 valence electrons. The number of aliphatic hydroxyl groups is 1. The first-order chi connectivity index (χ1) is 15.3. The molecule has 5 heteroatoms. The molecule has 0 aliphatic heterocycles. The third kappa shape index (κ3) is 25.9. The van der Waals surface area contributed by atoms with E-state index in [0.29, 0.717) is 33.0 Å². The van der Waals surface area contributed by atoms with Crippen LogP contribution in [0.4, 0.5) is 0 Å². The summed E-state index contributed by atoms with van der Waals surface area (Å²) in [6.45, 7) is 5.60. The number of aliphatic hydroxyl groups excluding tert-OH is 1. The molecule has 0 radical (unpaired) electrons. The number of hydrogen-bond donors (Lipinski definition) is 1. The van der Waals surface area contributed by atoms with E-state index in [1.165, 1.54) is 96.3 Å². The van der Waals surface area contributed by atoms with E-state index in [-0.39, 0.29) is 12.7 Å². The van der Waals surface area contributed by atoms with Gasteiger partial charge in [-0.3, -0.25) is 0 Å². The highest BCUT2D eigenvalue weighted by Crippen LogP contribution is 2.13. The highest BCUT2D eigenvalue weighted by Gasteiger charge is 2.07. The minimum Gasteiger partial charge on any atom is -0.394 e. The maximum atomic E-state index is 8.63. The lowest BCUT2D eigenvalue weighted by molar-refractivity contribution is -0.0519. The Bertz CT molecular complexity index is 314. The van der Waals surface area contributed by atoms with Gasteiger partial charge in [0.05, 0.1) is 39.6 Å². The van der Waals surface area contributed by atoms with Crippen LogP contribution in [0.5, 0.6) is 0 Å². The summed E-state index contributed by atoms with van der Waals surface area (Å²) in [5.41, 5.74) is 0. The van der Waals surface area contributed by atoms with E-state index in [2.05, 4.69) is 6.92 Å². The molecule has 0 bridgehead atoms. The molecule has 0 rings (SSSR count). The minimum atomic E-state index is -0.0288. The third-order valence-corrected chi connectivity index (χ3v) is 5.69. The van der Waals surface area contributed by atoms with Crippen LogP contribution >= 0.6 is 0 Å². The van der Waals surface area contributed by atoms with Gasteiger partial charge in [-0.15, -0.1) is 0 Å². The maximum Gasteiger partial charge on any atom is 0.104 e. The van der Waals surface area contributed by atoms with Crippen LogP contribution in [-0.4, -0.2) is 64.6 Å². The summed E-state index contributed by atoms with van der Waals surface area (Å²) in [6, 6.07) is 0. The van der Waals surface area contributed by atoms with Crippen LogP contribution in [0, 0.1) is 0 Å². The molecular formula is C26H54O5. The molecule has 0 saturated heterocycles. The number of methoxy groups -OCH3 is 1. The first-order valence-electron chi connectivity index (χ1n) is 13.2. The molecule has 0 amide bonds. The SMILES string of the molecule is CCCCCCCCCCCCCCCCCCOCC(COCCOCCO)OC. The first-order valence-corrected chi connectivity index (χ1v) is 13.2. The number of ether oxygens (including phenoxy) is 4. The third-order valence-electron chi connectivity index (χ3n) is 5.69. The molecule has 1 atom stereocenters. The summed E-state index contributed by atoms with van der Waals surface area (Å²) in [6.07, 6.45) is 22.1. The summed E-state index contributed by atoms with van der Waals surface area (Å²) in [7, 11) is 1.69. The molecule has 1 unspecified atom stereocenters. The molecular weight excluding hydrogens is 392 g/mol. The largest absolute Gasteiger partial charge is 0.394 e. The molecule has 0 saturated carbocycles. The quantitative estimate of drug-likeness (QED) is 0.150. The van der Waals surface area contributed by atoms with E-state index in [4.69, 9.17) is 24.1 Å². The lowest BCUT2D eigenvalue weighted by Crippen LogP contribution is -2.25. The second kappa shape index (κ2) is 27.8. The van der Waals surface area contributed by atoms with Gasteiger partial charge in [-0.1, -0.05) is 103 Å². The van der Waals surface area contributed by atoms with Crippen molar-refractivity contribution < 1.29 is 24.1 Å². The van der Waals surface area contributed by atoms with Gasteiger partial charge in [-0.2, -0.15) is 0 Å². The molecule has 1 N–H and O–H groups in total. The Morgan fingerprint density at radius 3 is 1.39 bits per heavy atom. The van der Waals surface area contributed by atoms with Gasteiger partial charge in [0.1, 0.15) is 6.10 Å². The van der Waals surface area contributed by atoms with Crippen LogP contribution in [0.15, 0.2) is 0 Å². The molecule has 0 heterocycles. The molecule has 0 aromatic carbocycles. The van der Waals surface area contributed by atoms with Crippen molar-refractivity contribution in [3.05, 3.63) is 0 Å². The van der Waals surface area contributed by atoms with Gasteiger partial charge < -0.3 is 24.1 Å². The Labute approximate surface area is 193 Å². The van der Waals surface area contributed by atoms with Gasteiger partial charge in [0.2, 0.25) is 0 Å². The van der Waals surface area contributed by atoms with Crippen molar-refractivity contribution in [2.24, 2.45) is 0 Å². The monoisotopic (exact) mass is 446 g/mol. The molecule has 0 aromatic rings. The van der Waals surface area contributed by atoms with E-state index in [9.17, 15) is 0 Å². The second-order valence-corrected chi connectivity index (χ2v) is 8.65. The topological polar surface area (TPSA) is 57.2 Å². The molecule has 0 aromatic heterocycles. The average molecular weight is 447 g/mol. The summed E-state index contributed by atoms with van der Waals surface area (Å²) < 4.78 is 21.8. The predicted molar refractivity (Wildman–Crippen MR) is 130 cm³/mol. The fourth-order valence-electron chi connectivity index (χ4n) is 3.65. The Morgan fingerprint density at radius 2 is 0.935 bits per heavy atom. The van der Waals surface area contributed by atoms with Crippen LogP contribution in [0.2, 0.25) is 0 Å². The highest BCUT2D eigenvalue weighted by molar-refractivity contribution is 4.55. The van der Waals surface area contributed by atoms with Crippen LogP contribution in [0.25, 0.3) is 0 Å². The van der Waals surface area contributed by atoms with Crippen LogP contribution in [0.1, 0.15) is 110 Å². The number of unbranched alkanes of at least 4 members (excludes halogenated alkanes) is 15. The van der Waals surface area contributed by atoms with Crippen LogP contribution in [-0.2, 0) is 18.9 Å². The lowest BCUT2D eigenvalue weighted by atomic mass is 10.0. The van der Waals surface area contributed by atoms with Gasteiger partial charge >= 0.3 is 0 Å². The Hall–Kier alpha value is -0.200. The van der Waals surface area contributed by atoms with Crippen molar-refractivity contribution in [3.63, 3.8) is 0 Å². The first kappa shape index (κ1) is 30.8. The van der Waals surface area contributed by atoms with Crippen molar-refractivity contribution in [1.82, 2.24) is 0 Å². The summed E-state index contributed by atoms with van der Waals surface area (Å²) in [5, 5.41) is 8.63. The second-order valence-electron chi connectivity index (χ2n) is 8.65. The van der Waals surface area contributed by atoms with Gasteiger partial charge in [-0.25, -0.2) is 0 Å². The molecule has 31 heavy (non-hydrogen) atoms. The van der Waals surface area contributed by atoms with Gasteiger partial charge in [0, 0.05) is 13.7 Å². The van der Waals surface area contributed by atoms with E-state index in [1.807, 2.05) is 0 Å². The Kier molecular flexibility index (Phi) is 27.7. The maximum absolute atomic E-state index is 8.63. The van der Waals surface area contributed by atoms with Gasteiger partial charge in [-0.05, 0) is 6.42 Å². The molecule has 0 aliphatic carbocycles. The van der Waals surface area contributed by atoms with E-state index >= 15 is 0 Å². The highest BCUT2D eigenvalue weighted by atomic mass is 16.6. The van der Waals surface area contributed by atoms with E-state index < -0.39 is 0 Å². The normalized spacial score (nSPS) is 12.5. The Balaban J connectivity index is 3.19. The smallest absolute Gasteiger partial charge is 0.104 e. The standard InChI is InChI=1S/C26H54O5/c1-3-4-5-6-7-8-9-10-11-12-13-14-15-16-17-18-20-30-24-26(28-2)25-31-23-22-29-21-19-27/h26-27H,3-25H2,1-2H3. The van der Waals surface area contributed by atoms with Crippen LogP contribution in [0.3, 0.4) is 0 Å². The van der Waals surface area contributed by atoms with E-state index in [1.54, 1.807) is 7.11 Å². The molecule has 0 fully saturated rings. The lowest BCUT2D eigenvalue weighted by Gasteiger charge is -2.16. The zero-order chi connectivity index (χ0) is 22.7. The van der Waals surface area contributed by atoms with Crippen LogP contribution < -0.4 is 0 Å². The minimum absolute atomic E-state index is 0.0288. The molecule has 5 nitrogen and oxygen atoms in total.